The number of rotatable bonds is 3. The summed E-state index contributed by atoms with van der Waals surface area (Å²) in [6, 6.07) is 5.14. The molecule has 0 atom stereocenters. The smallest absolute Gasteiger partial charge is 0.126 e. The zero-order valence-corrected chi connectivity index (χ0v) is 8.24. The first-order valence-corrected chi connectivity index (χ1v) is 4.35. The molecule has 1 aromatic carbocycles. The number of phenols is 1. The minimum absolute atomic E-state index is 0.234. The lowest BCUT2D eigenvalue weighted by molar-refractivity contribution is 0.404. The van der Waals surface area contributed by atoms with Crippen LogP contribution in [0, 0.1) is 12.3 Å². The fourth-order valence-corrected chi connectivity index (χ4v) is 1.20. The van der Waals surface area contributed by atoms with Gasteiger partial charge in [0.15, 0.2) is 0 Å². The van der Waals surface area contributed by atoms with Gasteiger partial charge in [-0.1, -0.05) is 19.9 Å². The molecule has 1 radical (unpaired) electrons. The summed E-state index contributed by atoms with van der Waals surface area (Å²) >= 11 is 0. The van der Waals surface area contributed by atoms with Crippen LogP contribution in [0.2, 0.25) is 0 Å². The van der Waals surface area contributed by atoms with Crippen molar-refractivity contribution in [1.82, 2.24) is 0 Å². The molecule has 0 aliphatic rings. The average Bonchev–Trinajstić information content (AvgIpc) is 2.07. The van der Waals surface area contributed by atoms with Crippen LogP contribution in [-0.2, 0) is 0 Å². The van der Waals surface area contributed by atoms with E-state index in [4.69, 9.17) is 4.74 Å². The third-order valence-corrected chi connectivity index (χ3v) is 1.73. The summed E-state index contributed by atoms with van der Waals surface area (Å²) in [5.74, 6) is 1.42. The summed E-state index contributed by atoms with van der Waals surface area (Å²) in [6.45, 7) is 4.21. The Balaban J connectivity index is 2.92. The van der Waals surface area contributed by atoms with Crippen LogP contribution < -0.4 is 4.74 Å². The second-order valence-corrected chi connectivity index (χ2v) is 3.34. The van der Waals surface area contributed by atoms with E-state index < -0.39 is 0 Å². The molecule has 13 heavy (non-hydrogen) atoms. The largest absolute Gasteiger partial charge is 0.508 e. The van der Waals surface area contributed by atoms with Crippen molar-refractivity contribution in [3.8, 4) is 11.5 Å². The summed E-state index contributed by atoms with van der Waals surface area (Å²) in [6.07, 6.45) is 2.10. The topological polar surface area (TPSA) is 29.5 Å². The molecule has 1 rings (SSSR count). The van der Waals surface area contributed by atoms with E-state index in [1.807, 2.05) is 6.07 Å². The number of phenolic OH excluding ortho intramolecular Hbond substituents is 1. The molecule has 0 saturated carbocycles. The van der Waals surface area contributed by atoms with Crippen molar-refractivity contribution in [1.29, 1.82) is 0 Å². The van der Waals surface area contributed by atoms with E-state index in [2.05, 4.69) is 20.3 Å². The zero-order valence-electron chi connectivity index (χ0n) is 8.24. The molecular weight excluding hydrogens is 164 g/mol. The Labute approximate surface area is 79.2 Å². The minimum atomic E-state index is 0.234. The summed E-state index contributed by atoms with van der Waals surface area (Å²) in [4.78, 5) is 0. The highest BCUT2D eigenvalue weighted by atomic mass is 16.5. The monoisotopic (exact) mass is 179 g/mol. The molecule has 0 unspecified atom stereocenters. The third-order valence-electron chi connectivity index (χ3n) is 1.73. The van der Waals surface area contributed by atoms with E-state index in [9.17, 15) is 5.11 Å². The molecule has 0 saturated heterocycles. The van der Waals surface area contributed by atoms with Gasteiger partial charge in [-0.2, -0.15) is 0 Å². The van der Waals surface area contributed by atoms with E-state index in [-0.39, 0.29) is 5.75 Å². The van der Waals surface area contributed by atoms with Gasteiger partial charge in [0, 0.05) is 6.07 Å². The molecule has 71 valence electrons. The molecule has 1 aromatic rings. The lowest BCUT2D eigenvalue weighted by Crippen LogP contribution is -1.94. The van der Waals surface area contributed by atoms with Gasteiger partial charge in [0.05, 0.1) is 7.11 Å². The quantitative estimate of drug-likeness (QED) is 0.772. The normalized spacial score (nSPS) is 10.5. The molecule has 0 aliphatic carbocycles. The Morgan fingerprint density at radius 2 is 2.08 bits per heavy atom. The van der Waals surface area contributed by atoms with Gasteiger partial charge >= 0.3 is 0 Å². The van der Waals surface area contributed by atoms with Crippen molar-refractivity contribution in [3.63, 3.8) is 0 Å². The predicted molar refractivity (Wildman–Crippen MR) is 52.9 cm³/mol. The highest BCUT2D eigenvalue weighted by Crippen LogP contribution is 2.26. The fourth-order valence-electron chi connectivity index (χ4n) is 1.20. The van der Waals surface area contributed by atoms with Crippen molar-refractivity contribution in [2.75, 3.05) is 7.11 Å². The summed E-state index contributed by atoms with van der Waals surface area (Å²) in [7, 11) is 1.60. The standard InChI is InChI=1S/C11H15O2/c1-8(2)6-9-4-5-10(12)7-11(9)13-3/h4-8,12H,1-3H3. The van der Waals surface area contributed by atoms with Gasteiger partial charge in [0.2, 0.25) is 0 Å². The first kappa shape index (κ1) is 9.90. The molecule has 0 bridgehead atoms. The van der Waals surface area contributed by atoms with E-state index in [0.29, 0.717) is 11.7 Å². The molecule has 2 nitrogen and oxygen atoms in total. The van der Waals surface area contributed by atoms with E-state index in [1.54, 1.807) is 19.2 Å². The average molecular weight is 179 g/mol. The maximum atomic E-state index is 9.21. The summed E-state index contributed by atoms with van der Waals surface area (Å²) < 4.78 is 5.14. The Hall–Kier alpha value is -1.18. The first-order chi connectivity index (χ1) is 6.13. The van der Waals surface area contributed by atoms with Gasteiger partial charge in [-0.3, -0.25) is 0 Å². The SMILES string of the molecule is COc1cc(O)ccc1[CH]C(C)C. The fraction of sp³-hybridized carbons (Fsp3) is 0.364. The molecule has 1 N–H and O–H groups in total. The third kappa shape index (κ3) is 2.65. The lowest BCUT2D eigenvalue weighted by atomic mass is 10.0. The second-order valence-electron chi connectivity index (χ2n) is 3.34. The zero-order chi connectivity index (χ0) is 9.84. The van der Waals surface area contributed by atoms with E-state index in [0.717, 1.165) is 5.56 Å². The van der Waals surface area contributed by atoms with Crippen LogP contribution >= 0.6 is 0 Å². The number of hydrogen-bond donors (Lipinski definition) is 1. The number of hydrogen-bond acceptors (Lipinski definition) is 2. The van der Waals surface area contributed by atoms with Crippen LogP contribution in [0.3, 0.4) is 0 Å². The Morgan fingerprint density at radius 3 is 2.62 bits per heavy atom. The molecule has 2 heteroatoms. The number of aromatic hydroxyl groups is 1. The first-order valence-electron chi connectivity index (χ1n) is 4.35. The molecule has 0 amide bonds. The second kappa shape index (κ2) is 4.17. The maximum absolute atomic E-state index is 9.21. The predicted octanol–water partition coefficient (Wildman–Crippen LogP) is 2.61. The van der Waals surface area contributed by atoms with Gasteiger partial charge < -0.3 is 9.84 Å². The molecule has 0 aliphatic heterocycles. The Kier molecular flexibility index (Phi) is 3.18. The van der Waals surface area contributed by atoms with E-state index >= 15 is 0 Å². The number of methoxy groups -OCH3 is 1. The molecule has 0 spiro atoms. The highest BCUT2D eigenvalue weighted by Gasteiger charge is 2.05. The van der Waals surface area contributed by atoms with Crippen LogP contribution in [0.5, 0.6) is 11.5 Å². The van der Waals surface area contributed by atoms with Crippen molar-refractivity contribution in [3.05, 3.63) is 30.2 Å². The van der Waals surface area contributed by atoms with Crippen molar-refractivity contribution >= 4 is 0 Å². The molecule has 0 aromatic heterocycles. The molecule has 0 fully saturated rings. The number of benzene rings is 1. The van der Waals surface area contributed by atoms with Gasteiger partial charge in [-0.25, -0.2) is 0 Å². The van der Waals surface area contributed by atoms with Crippen LogP contribution in [0.1, 0.15) is 19.4 Å². The summed E-state index contributed by atoms with van der Waals surface area (Å²) in [5, 5.41) is 9.21. The van der Waals surface area contributed by atoms with Crippen LogP contribution in [0.25, 0.3) is 0 Å². The van der Waals surface area contributed by atoms with Gasteiger partial charge in [0.1, 0.15) is 11.5 Å². The van der Waals surface area contributed by atoms with Gasteiger partial charge in [-0.05, 0) is 24.0 Å². The number of ether oxygens (including phenoxy) is 1. The minimum Gasteiger partial charge on any atom is -0.508 e. The Bertz CT molecular complexity index is 279. The molecular formula is C11H15O2. The molecule has 0 heterocycles. The van der Waals surface area contributed by atoms with Crippen molar-refractivity contribution in [2.45, 2.75) is 13.8 Å². The van der Waals surface area contributed by atoms with Gasteiger partial charge in [0.25, 0.3) is 0 Å². The van der Waals surface area contributed by atoms with Crippen LogP contribution in [0.4, 0.5) is 0 Å². The lowest BCUT2D eigenvalue weighted by Gasteiger charge is -2.10. The van der Waals surface area contributed by atoms with Crippen molar-refractivity contribution in [2.24, 2.45) is 5.92 Å². The van der Waals surface area contributed by atoms with Gasteiger partial charge in [-0.15, -0.1) is 0 Å². The highest BCUT2D eigenvalue weighted by molar-refractivity contribution is 5.44. The summed E-state index contributed by atoms with van der Waals surface area (Å²) in [5.41, 5.74) is 1.02. The Morgan fingerprint density at radius 1 is 1.38 bits per heavy atom. The van der Waals surface area contributed by atoms with E-state index in [1.165, 1.54) is 0 Å². The van der Waals surface area contributed by atoms with Crippen molar-refractivity contribution < 1.29 is 9.84 Å². The van der Waals surface area contributed by atoms with Crippen LogP contribution in [0.15, 0.2) is 18.2 Å². The van der Waals surface area contributed by atoms with Crippen LogP contribution in [-0.4, -0.2) is 12.2 Å². The maximum Gasteiger partial charge on any atom is 0.126 e.